The minimum Gasteiger partial charge on any atom is -0.335 e. The van der Waals surface area contributed by atoms with E-state index < -0.39 is 0 Å². The van der Waals surface area contributed by atoms with E-state index in [2.05, 4.69) is 151 Å². The van der Waals surface area contributed by atoms with E-state index in [0.29, 0.717) is 6.54 Å². The van der Waals surface area contributed by atoms with Crippen LogP contribution in [-0.2, 0) is 45.7 Å². The van der Waals surface area contributed by atoms with Gasteiger partial charge in [0.25, 0.3) is 0 Å². The number of rotatable bonds is 5. The molecule has 0 saturated carbocycles. The Morgan fingerprint density at radius 1 is 0.769 bits per heavy atom. The molecule has 2 heterocycles. The smallest absolute Gasteiger partial charge is 0.0519 e. The van der Waals surface area contributed by atoms with Crippen LogP contribution in [0.5, 0.6) is 0 Å². The van der Waals surface area contributed by atoms with Gasteiger partial charge in [-0.1, -0.05) is 105 Å². The van der Waals surface area contributed by atoms with Crippen LogP contribution in [0.4, 0.5) is 11.4 Å². The first-order valence-electron chi connectivity index (χ1n) is 17.4. The Hall–Kier alpha value is -4.20. The number of hydrogen-bond donors (Lipinski definition) is 3. The third-order valence-corrected chi connectivity index (χ3v) is 9.85. The minimum atomic E-state index is 0. The predicted octanol–water partition coefficient (Wildman–Crippen LogP) is 9.34. The molecule has 261 valence electrons. The molecule has 5 aromatic carbocycles. The van der Waals surface area contributed by atoms with Crippen molar-refractivity contribution in [1.29, 1.82) is 0 Å². The molecule has 1 aromatic heterocycles. The molecule has 52 heavy (non-hydrogen) atoms. The number of thiophene rings is 1. The van der Waals surface area contributed by atoms with Gasteiger partial charge in [0.15, 0.2) is 0 Å². The second-order valence-corrected chi connectivity index (χ2v) is 12.7. The molecule has 6 aromatic rings. The molecule has 0 fully saturated rings. The summed E-state index contributed by atoms with van der Waals surface area (Å²) in [6.07, 6.45) is 16.2. The van der Waals surface area contributed by atoms with Crippen molar-refractivity contribution in [2.24, 2.45) is 17.4 Å². The molecule has 0 saturated heterocycles. The predicted molar refractivity (Wildman–Crippen MR) is 222 cm³/mol. The van der Waals surface area contributed by atoms with E-state index in [1.807, 2.05) is 55.5 Å². The van der Waals surface area contributed by atoms with E-state index in [4.69, 9.17) is 5.73 Å². The molecule has 1 radical (unpaired) electrons. The van der Waals surface area contributed by atoms with Gasteiger partial charge in [0.1, 0.15) is 0 Å². The van der Waals surface area contributed by atoms with Crippen molar-refractivity contribution in [3.63, 3.8) is 0 Å². The van der Waals surface area contributed by atoms with Gasteiger partial charge in [0.2, 0.25) is 0 Å². The fourth-order valence-corrected chi connectivity index (χ4v) is 7.59. The van der Waals surface area contributed by atoms with Crippen LogP contribution >= 0.6 is 11.3 Å². The van der Waals surface area contributed by atoms with Crippen LogP contribution in [0.15, 0.2) is 140 Å². The molecule has 1 aliphatic carbocycles. The zero-order chi connectivity index (χ0) is 36.0. The number of nitrogens with two attached hydrogens (primary N) is 3. The first-order chi connectivity index (χ1) is 25.2. The van der Waals surface area contributed by atoms with Gasteiger partial charge in [0, 0.05) is 65.6 Å². The summed E-state index contributed by atoms with van der Waals surface area (Å²) >= 11 is 1.88. The SMILES string of the molecule is C=C1/C=C\C=C/N(c2[c-]c(-c3[c-]cccc3)ccc2)c2cccc(Cc3ccccc3)c21.CC.NCc1cccc2c3c(sc12)=CCCC=3.NN.[Y]. The summed E-state index contributed by atoms with van der Waals surface area (Å²) in [6, 6.07) is 44.7. The molecule has 6 N–H and O–H groups in total. The summed E-state index contributed by atoms with van der Waals surface area (Å²) in [4.78, 5) is 2.20. The molecule has 8 rings (SSSR count). The Bertz CT molecular complexity index is 2240. The number of nitrogens with zero attached hydrogens (tertiary/aromatic N) is 1. The molecule has 0 unspecified atom stereocenters. The third-order valence-electron chi connectivity index (χ3n) is 8.56. The number of anilines is 2. The fourth-order valence-electron chi connectivity index (χ4n) is 6.30. The quantitative estimate of drug-likeness (QED) is 0.0927. The molecule has 6 heteroatoms. The van der Waals surface area contributed by atoms with Crippen molar-refractivity contribution in [3.05, 3.63) is 184 Å². The van der Waals surface area contributed by atoms with Crippen LogP contribution in [0, 0.1) is 12.1 Å². The second-order valence-electron chi connectivity index (χ2n) is 11.7. The van der Waals surface area contributed by atoms with Crippen molar-refractivity contribution in [1.82, 2.24) is 0 Å². The van der Waals surface area contributed by atoms with Crippen molar-refractivity contribution in [2.45, 2.75) is 39.7 Å². The Kier molecular flexibility index (Phi) is 16.2. The maximum absolute atomic E-state index is 5.76. The first kappa shape index (κ1) is 40.6. The third kappa shape index (κ3) is 9.61. The summed E-state index contributed by atoms with van der Waals surface area (Å²) in [5.74, 6) is 8.00. The normalized spacial score (nSPS) is 13.6. The van der Waals surface area contributed by atoms with Crippen LogP contribution in [0.25, 0.3) is 38.9 Å². The molecule has 0 bridgehead atoms. The summed E-state index contributed by atoms with van der Waals surface area (Å²) in [6.45, 7) is 9.03. The van der Waals surface area contributed by atoms with Gasteiger partial charge in [0.05, 0.1) is 5.69 Å². The van der Waals surface area contributed by atoms with Crippen LogP contribution in [0.3, 0.4) is 0 Å². The molecule has 0 spiro atoms. The van der Waals surface area contributed by atoms with Gasteiger partial charge < -0.3 is 10.6 Å². The minimum absolute atomic E-state index is 0. The summed E-state index contributed by atoms with van der Waals surface area (Å²) < 4.78 is 2.80. The maximum Gasteiger partial charge on any atom is 0.0519 e. The van der Waals surface area contributed by atoms with E-state index in [1.165, 1.54) is 54.9 Å². The van der Waals surface area contributed by atoms with Gasteiger partial charge >= 0.3 is 0 Å². The number of allylic oxidation sites excluding steroid dienone is 4. The Labute approximate surface area is 338 Å². The standard InChI is InChI=1S/C31H23N.C13H13NS.C2H6.H4N2.Y/c1-24-12-8-9-21-32(29-19-10-17-27(23-29)26-15-6-3-7-16-26)30-20-11-18-28(31(24)30)22-25-13-4-2-5-14-25;14-8-9-4-3-6-11-10-5-1-2-7-12(10)15-13(9)11;2*1-2;/h2-15,17-21H,1,22H2;3-7H,1-2,8,14H2;1-2H3;1-2H2;/q-2;;;;/b12-8-,21-9-;;;;. The second kappa shape index (κ2) is 20.7. The van der Waals surface area contributed by atoms with Crippen LogP contribution < -0.4 is 32.1 Å². The molecular weight excluding hydrogens is 730 g/mol. The number of benzene rings is 5. The van der Waals surface area contributed by atoms with Crippen molar-refractivity contribution in [3.8, 4) is 11.1 Å². The van der Waals surface area contributed by atoms with Gasteiger partial charge in [-0.2, -0.15) is 42.5 Å². The van der Waals surface area contributed by atoms with Gasteiger partial charge in [-0.05, 0) is 64.6 Å². The first-order valence-corrected chi connectivity index (χ1v) is 18.2. The summed E-state index contributed by atoms with van der Waals surface area (Å²) in [5, 5.41) is 2.81. The van der Waals surface area contributed by atoms with E-state index in [0.717, 1.165) is 34.5 Å². The van der Waals surface area contributed by atoms with Gasteiger partial charge in [-0.25, -0.2) is 11.1 Å². The Morgan fingerprint density at radius 3 is 2.25 bits per heavy atom. The van der Waals surface area contributed by atoms with E-state index in [-0.39, 0.29) is 32.7 Å². The largest absolute Gasteiger partial charge is 0.335 e. The monoisotopic (exact) mass is 775 g/mol. The van der Waals surface area contributed by atoms with Crippen LogP contribution in [0.1, 0.15) is 48.9 Å². The van der Waals surface area contributed by atoms with E-state index >= 15 is 0 Å². The van der Waals surface area contributed by atoms with Crippen LogP contribution in [0.2, 0.25) is 0 Å². The van der Waals surface area contributed by atoms with Crippen LogP contribution in [-0.4, -0.2) is 0 Å². The average molecular weight is 776 g/mol. The van der Waals surface area contributed by atoms with E-state index in [1.54, 1.807) is 0 Å². The fraction of sp³-hybridized carbons (Fsp3) is 0.130. The summed E-state index contributed by atoms with van der Waals surface area (Å²) in [7, 11) is 0. The molecule has 1 aliphatic heterocycles. The molecular formula is C46H46N4SY-2. The van der Waals surface area contributed by atoms with Crippen molar-refractivity contribution in [2.75, 3.05) is 4.90 Å². The Balaban J connectivity index is 0.000000253. The van der Waals surface area contributed by atoms with Crippen molar-refractivity contribution >= 4 is 50.5 Å². The molecule has 0 amide bonds. The zero-order valence-corrected chi connectivity index (χ0v) is 33.7. The van der Waals surface area contributed by atoms with Gasteiger partial charge in [-0.15, -0.1) is 23.5 Å². The number of hydrazine groups is 1. The van der Waals surface area contributed by atoms with Gasteiger partial charge in [-0.3, -0.25) is 11.7 Å². The zero-order valence-electron chi connectivity index (χ0n) is 30.1. The summed E-state index contributed by atoms with van der Waals surface area (Å²) in [5.41, 5.74) is 15.9. The number of fused-ring (bicyclic) bond motifs is 4. The number of hydrogen-bond acceptors (Lipinski definition) is 5. The molecule has 2 aliphatic rings. The average Bonchev–Trinajstić information content (AvgIpc) is 3.59. The Morgan fingerprint density at radius 2 is 1.48 bits per heavy atom. The topological polar surface area (TPSA) is 81.3 Å². The molecule has 4 nitrogen and oxygen atoms in total. The maximum atomic E-state index is 5.76. The van der Waals surface area contributed by atoms with E-state index in [9.17, 15) is 0 Å². The molecule has 0 atom stereocenters. The van der Waals surface area contributed by atoms with Crippen molar-refractivity contribution < 1.29 is 32.7 Å².